The van der Waals surface area contributed by atoms with Crippen molar-refractivity contribution in [2.75, 3.05) is 6.61 Å². The fraction of sp³-hybridized carbons (Fsp3) is 0.714. The summed E-state index contributed by atoms with van der Waals surface area (Å²) in [6, 6.07) is -0.128. The highest BCUT2D eigenvalue weighted by molar-refractivity contribution is 7.53. The number of aliphatic hydroxyl groups excluding tert-OH is 1. The largest absolute Gasteiger partial charge is 0.471 e. The van der Waals surface area contributed by atoms with Crippen molar-refractivity contribution in [1.82, 2.24) is 0 Å². The van der Waals surface area contributed by atoms with Crippen LogP contribution in [-0.2, 0) is 22.9 Å². The maximum absolute atomic E-state index is 11.3. The molecule has 0 aliphatic carbocycles. The number of hydrogen-bond acceptors (Lipinski definition) is 9. The maximum Gasteiger partial charge on any atom is 0.471 e. The van der Waals surface area contributed by atoms with E-state index in [0.29, 0.717) is 13.6 Å². The Hall–Kier alpha value is -0.0601. The quantitative estimate of drug-likeness (QED) is 0.0929. The fourth-order valence-corrected chi connectivity index (χ4v) is 5.54. The number of ether oxygens (including phenoxy) is 1. The third-order valence-electron chi connectivity index (χ3n) is 3.95. The van der Waals surface area contributed by atoms with E-state index in [2.05, 4.69) is 28.2 Å². The summed E-state index contributed by atoms with van der Waals surface area (Å²) < 4.78 is 32.1. The van der Waals surface area contributed by atoms with Gasteiger partial charge in [-0.05, 0) is 33.1 Å². The predicted molar refractivity (Wildman–Crippen MR) is 116 cm³/mol. The first-order valence-electron chi connectivity index (χ1n) is 8.87. The molecular formula is C14H26B2NO10P3. The van der Waals surface area contributed by atoms with Gasteiger partial charge in [0.1, 0.15) is 13.3 Å². The molecule has 0 radical (unpaired) electrons. The van der Waals surface area contributed by atoms with Crippen molar-refractivity contribution in [2.24, 2.45) is 5.73 Å². The molecule has 30 heavy (non-hydrogen) atoms. The van der Waals surface area contributed by atoms with Crippen molar-refractivity contribution in [1.29, 1.82) is 0 Å². The Morgan fingerprint density at radius 3 is 2.37 bits per heavy atom. The molecule has 0 bridgehead atoms. The molecule has 1 heterocycles. The second kappa shape index (κ2) is 11.7. The first kappa shape index (κ1) is 28.0. The van der Waals surface area contributed by atoms with Crippen molar-refractivity contribution in [3.05, 3.63) is 0 Å². The number of aliphatic hydroxyl groups is 1. The predicted octanol–water partition coefficient (Wildman–Crippen LogP) is -1.43. The van der Waals surface area contributed by atoms with E-state index in [-0.39, 0.29) is 12.6 Å². The van der Waals surface area contributed by atoms with Crippen molar-refractivity contribution in [3.8, 4) is 23.7 Å². The number of phosphoric acid groups is 1. The van der Waals surface area contributed by atoms with Gasteiger partial charge in [-0.25, -0.2) is 4.57 Å². The van der Waals surface area contributed by atoms with Crippen molar-refractivity contribution in [3.63, 3.8) is 0 Å². The van der Waals surface area contributed by atoms with Crippen LogP contribution in [0.1, 0.15) is 27.2 Å². The van der Waals surface area contributed by atoms with Gasteiger partial charge in [-0.3, -0.25) is 14.8 Å². The average molecular weight is 483 g/mol. The second-order valence-electron chi connectivity index (χ2n) is 6.45. The molecule has 1 fully saturated rings. The lowest BCUT2D eigenvalue weighted by Gasteiger charge is -2.35. The number of rotatable bonds is 10. The second-order valence-corrected chi connectivity index (χ2v) is 10.7. The highest BCUT2D eigenvalue weighted by Crippen LogP contribution is 2.60. The zero-order valence-electron chi connectivity index (χ0n) is 17.0. The number of phosphoric ester groups is 1. The molecular weight excluding hydrogens is 457 g/mol. The molecule has 168 valence electrons. The smallest absolute Gasteiger partial charge is 0.390 e. The van der Waals surface area contributed by atoms with Gasteiger partial charge < -0.3 is 33.9 Å². The number of hydrogen-bond donors (Lipinski definition) is 6. The van der Waals surface area contributed by atoms with Gasteiger partial charge in [-0.2, -0.15) is 0 Å². The molecule has 0 aromatic carbocycles. The van der Waals surface area contributed by atoms with Crippen LogP contribution in [0.4, 0.5) is 0 Å². The molecule has 0 aromatic heterocycles. The molecule has 0 aromatic rings. The van der Waals surface area contributed by atoms with Crippen molar-refractivity contribution in [2.45, 2.75) is 56.2 Å². The minimum atomic E-state index is -5.05. The first-order chi connectivity index (χ1) is 13.8. The molecule has 0 amide bonds. The zero-order chi connectivity index (χ0) is 23.2. The summed E-state index contributed by atoms with van der Waals surface area (Å²) in [5.41, 5.74) is 3.77. The van der Waals surface area contributed by atoms with E-state index in [9.17, 15) is 19.5 Å². The lowest BCUT2D eigenvalue weighted by molar-refractivity contribution is 0.0000361. The Balaban J connectivity index is 2.94. The molecule has 0 spiro atoms. The van der Waals surface area contributed by atoms with Crippen LogP contribution in [0.15, 0.2) is 0 Å². The molecule has 7 N–H and O–H groups in total. The molecule has 1 aliphatic heterocycles. The van der Waals surface area contributed by atoms with Gasteiger partial charge in [0.2, 0.25) is 22.1 Å². The average Bonchev–Trinajstić information content (AvgIpc) is 2.98. The van der Waals surface area contributed by atoms with Crippen LogP contribution in [0, 0.1) is 23.7 Å². The van der Waals surface area contributed by atoms with Crippen LogP contribution in [0.25, 0.3) is 0 Å². The highest BCUT2D eigenvalue weighted by atomic mass is 31.2. The Bertz CT molecular complexity index is 752. The van der Waals surface area contributed by atoms with E-state index in [1.54, 1.807) is 0 Å². The Morgan fingerprint density at radius 1 is 1.30 bits per heavy atom. The molecule has 7 atom stereocenters. The van der Waals surface area contributed by atoms with E-state index in [4.69, 9.17) is 29.3 Å². The molecule has 1 aliphatic rings. The molecule has 5 unspecified atom stereocenters. The number of nitrogens with two attached hydrogens (primary N) is 1. The van der Waals surface area contributed by atoms with Crippen molar-refractivity contribution >= 4 is 39.5 Å². The first-order valence-corrected chi connectivity index (χ1v) is 12.8. The zero-order valence-corrected chi connectivity index (χ0v) is 19.7. The van der Waals surface area contributed by atoms with Crippen LogP contribution >= 0.6 is 24.6 Å². The van der Waals surface area contributed by atoms with E-state index < -0.39 is 47.6 Å². The summed E-state index contributed by atoms with van der Waals surface area (Å²) in [5, 5.41) is 7.89. The highest BCUT2D eigenvalue weighted by Gasteiger charge is 2.48. The van der Waals surface area contributed by atoms with Gasteiger partial charge in [-0.1, -0.05) is 5.92 Å². The minimum absolute atomic E-state index is 0.128. The van der Waals surface area contributed by atoms with Gasteiger partial charge >= 0.3 is 7.82 Å². The summed E-state index contributed by atoms with van der Waals surface area (Å²) in [6.45, 7) is 3.66. The lowest BCUT2D eigenvalue weighted by atomic mass is 9.51. The monoisotopic (exact) mass is 483 g/mol. The Labute approximate surface area is 179 Å². The molecule has 16 heteroatoms. The summed E-state index contributed by atoms with van der Waals surface area (Å²) >= 11 is 0. The van der Waals surface area contributed by atoms with Crippen LogP contribution in [0.2, 0.25) is 0 Å². The molecule has 1 saturated heterocycles. The molecule has 1 rings (SSSR count). The third-order valence-corrected chi connectivity index (χ3v) is 7.40. The third kappa shape index (κ3) is 8.13. The molecule has 0 saturated carbocycles. The Morgan fingerprint density at radius 2 is 1.90 bits per heavy atom. The van der Waals surface area contributed by atoms with Crippen LogP contribution in [0.5, 0.6) is 0 Å². The summed E-state index contributed by atoms with van der Waals surface area (Å²) in [5.74, 6) is 9.55. The maximum atomic E-state index is 11.3. The topological polar surface area (TPSA) is 181 Å². The summed E-state index contributed by atoms with van der Waals surface area (Å²) in [4.78, 5) is 39.2. The minimum Gasteiger partial charge on any atom is -0.390 e. The SMILES string of the molecule is BB[C@H]1C[C@@H](O)C(COP(O)C(N)(C#CC)OP(O)C(C)(C#CC)OP(=O)(O)O)O1. The van der Waals surface area contributed by atoms with Crippen molar-refractivity contribution < 1.29 is 47.6 Å². The standard InChI is InChI=1S/C14H26B2NO10P3/c1-4-6-13(3,27-30(21,22)23)28(19)26-14(17,7-5-2)29(20)24-9-11-10(18)8-12(16-15)25-11/h10-12,16,18-20H,8-9,15,17H2,1-3H3,(H2,21,22,23)/t10-,11?,12-,13?,14?,28?,29?/m1/s1. The molecule has 11 nitrogen and oxygen atoms in total. The van der Waals surface area contributed by atoms with Crippen LogP contribution in [0.3, 0.4) is 0 Å². The van der Waals surface area contributed by atoms with E-state index in [1.807, 2.05) is 7.74 Å². The van der Waals surface area contributed by atoms with E-state index in [0.717, 1.165) is 6.92 Å². The van der Waals surface area contributed by atoms with Gasteiger partial charge in [0.05, 0.1) is 20.4 Å². The van der Waals surface area contributed by atoms with E-state index >= 15 is 0 Å². The van der Waals surface area contributed by atoms with Gasteiger partial charge in [0.15, 0.2) is 0 Å². The van der Waals surface area contributed by atoms with Crippen LogP contribution < -0.4 is 5.73 Å². The normalized spacial score (nSPS) is 27.4. The van der Waals surface area contributed by atoms with E-state index in [1.165, 1.54) is 13.8 Å². The summed E-state index contributed by atoms with van der Waals surface area (Å²) in [6.07, 6.45) is -1.03. The fourth-order valence-electron chi connectivity index (χ4n) is 2.54. The van der Waals surface area contributed by atoms with Gasteiger partial charge in [0.25, 0.3) is 5.47 Å². The summed E-state index contributed by atoms with van der Waals surface area (Å²) in [7, 11) is -7.98. The Kier molecular flexibility index (Phi) is 10.9. The van der Waals surface area contributed by atoms with Crippen LogP contribution in [-0.4, -0.2) is 75.2 Å². The van der Waals surface area contributed by atoms with Gasteiger partial charge in [-0.15, -0.1) is 11.8 Å². The van der Waals surface area contributed by atoms with Gasteiger partial charge in [0, 0.05) is 6.00 Å². The lowest BCUT2D eigenvalue weighted by Crippen LogP contribution is -2.41.